The van der Waals surface area contributed by atoms with Gasteiger partial charge in [-0.25, -0.2) is 0 Å². The summed E-state index contributed by atoms with van der Waals surface area (Å²) in [5.41, 5.74) is -0.117. The molecule has 0 spiro atoms. The van der Waals surface area contributed by atoms with Gasteiger partial charge in [0.2, 0.25) is 0 Å². The molecule has 0 amide bonds. The number of nitriles is 1. The fraction of sp³-hybridized carbons (Fsp3) is 0.312. The van der Waals surface area contributed by atoms with Crippen LogP contribution in [0, 0.1) is 11.3 Å². The third kappa shape index (κ3) is 3.21. The highest BCUT2D eigenvalue weighted by Crippen LogP contribution is 2.29. The van der Waals surface area contributed by atoms with Gasteiger partial charge in [0.1, 0.15) is 11.8 Å². The molecule has 2 aromatic rings. The van der Waals surface area contributed by atoms with Crippen LogP contribution in [-0.2, 0) is 4.74 Å². The maximum atomic E-state index is 12.4. The number of para-hydroxylation sites is 1. The molecule has 1 aromatic heterocycles. The molecule has 0 aliphatic carbocycles. The summed E-state index contributed by atoms with van der Waals surface area (Å²) in [4.78, 5) is 12.4. The molecule has 0 saturated carbocycles. The van der Waals surface area contributed by atoms with E-state index in [0.717, 1.165) is 19.3 Å². The fourth-order valence-corrected chi connectivity index (χ4v) is 2.56. The van der Waals surface area contributed by atoms with Crippen molar-refractivity contribution in [3.8, 4) is 17.6 Å². The lowest BCUT2D eigenvalue weighted by atomic mass is 10.2. The van der Waals surface area contributed by atoms with Gasteiger partial charge < -0.3 is 9.47 Å². The lowest BCUT2D eigenvalue weighted by Crippen LogP contribution is -2.31. The molecule has 1 saturated heterocycles. The minimum Gasteiger partial charge on any atom is -0.452 e. The summed E-state index contributed by atoms with van der Waals surface area (Å²) in [5, 5.41) is 13.1. The second kappa shape index (κ2) is 6.82. The zero-order chi connectivity index (χ0) is 16.2. The molecule has 3 rings (SSSR count). The summed E-state index contributed by atoms with van der Waals surface area (Å²) in [7, 11) is 0. The van der Waals surface area contributed by atoms with Crippen LogP contribution >= 0.6 is 11.6 Å². The normalized spacial score (nSPS) is 17.5. The minimum atomic E-state index is -0.467. The predicted octanol–water partition coefficient (Wildman–Crippen LogP) is 3.26. The van der Waals surface area contributed by atoms with Crippen molar-refractivity contribution >= 4 is 11.6 Å². The smallest absolute Gasteiger partial charge is 0.291 e. The van der Waals surface area contributed by atoms with Crippen LogP contribution in [0.5, 0.6) is 11.5 Å². The summed E-state index contributed by atoms with van der Waals surface area (Å²) >= 11 is 6.13. The molecule has 6 nitrogen and oxygen atoms in total. The summed E-state index contributed by atoms with van der Waals surface area (Å²) in [6.07, 6.45) is 3.65. The van der Waals surface area contributed by atoms with Crippen LogP contribution in [0.15, 0.2) is 35.3 Å². The molecular weight excluding hydrogens is 318 g/mol. The second-order valence-corrected chi connectivity index (χ2v) is 5.48. The summed E-state index contributed by atoms with van der Waals surface area (Å²) in [6.45, 7) is 0.601. The Morgan fingerprint density at radius 1 is 1.35 bits per heavy atom. The van der Waals surface area contributed by atoms with Crippen molar-refractivity contribution < 1.29 is 9.47 Å². The Hall–Kier alpha value is -2.36. The number of nitrogens with zero attached hydrogens (tertiary/aromatic N) is 3. The number of hydrogen-bond acceptors (Lipinski definition) is 5. The Kier molecular flexibility index (Phi) is 4.60. The van der Waals surface area contributed by atoms with Gasteiger partial charge in [0.25, 0.3) is 5.56 Å². The molecule has 0 bridgehead atoms. The average Bonchev–Trinajstić information content (AvgIpc) is 2.60. The van der Waals surface area contributed by atoms with Gasteiger partial charge in [0, 0.05) is 6.61 Å². The molecule has 0 N–H and O–H groups in total. The van der Waals surface area contributed by atoms with E-state index in [-0.39, 0.29) is 10.8 Å². The van der Waals surface area contributed by atoms with Crippen molar-refractivity contribution in [1.29, 1.82) is 5.26 Å². The van der Waals surface area contributed by atoms with Gasteiger partial charge in [-0.15, -0.1) is 0 Å². The second-order valence-electron chi connectivity index (χ2n) is 5.10. The van der Waals surface area contributed by atoms with Crippen molar-refractivity contribution in [2.45, 2.75) is 25.5 Å². The first kappa shape index (κ1) is 15.5. The molecule has 2 heterocycles. The molecule has 7 heteroatoms. The van der Waals surface area contributed by atoms with Crippen molar-refractivity contribution in [2.75, 3.05) is 6.61 Å². The van der Waals surface area contributed by atoms with Crippen LogP contribution in [0.4, 0.5) is 0 Å². The highest BCUT2D eigenvalue weighted by atomic mass is 35.5. The molecule has 1 fully saturated rings. The van der Waals surface area contributed by atoms with Crippen LogP contribution < -0.4 is 10.3 Å². The molecule has 1 aromatic carbocycles. The summed E-state index contributed by atoms with van der Waals surface area (Å²) < 4.78 is 12.4. The minimum absolute atomic E-state index is 0.0816. The zero-order valence-corrected chi connectivity index (χ0v) is 13.0. The Bertz CT molecular complexity index is 807. The topological polar surface area (TPSA) is 77.1 Å². The Balaban J connectivity index is 1.91. The quantitative estimate of drug-likeness (QED) is 0.862. The fourth-order valence-electron chi connectivity index (χ4n) is 2.39. The highest BCUT2D eigenvalue weighted by molar-refractivity contribution is 6.31. The number of rotatable bonds is 3. The van der Waals surface area contributed by atoms with Gasteiger partial charge in [0.05, 0.1) is 11.8 Å². The molecule has 1 unspecified atom stereocenters. The van der Waals surface area contributed by atoms with Gasteiger partial charge >= 0.3 is 0 Å². The molecule has 23 heavy (non-hydrogen) atoms. The maximum Gasteiger partial charge on any atom is 0.291 e. The number of aromatic nitrogens is 2. The molecular formula is C16H14ClN3O3. The maximum absolute atomic E-state index is 12.4. The first-order valence-electron chi connectivity index (χ1n) is 7.26. The third-order valence-electron chi connectivity index (χ3n) is 3.57. The van der Waals surface area contributed by atoms with Gasteiger partial charge in [-0.3, -0.25) is 4.79 Å². The van der Waals surface area contributed by atoms with Gasteiger partial charge in [-0.1, -0.05) is 23.7 Å². The number of hydrogen-bond donors (Lipinski definition) is 0. The average molecular weight is 332 g/mol. The van der Waals surface area contributed by atoms with Gasteiger partial charge in [0.15, 0.2) is 17.0 Å². The number of benzene rings is 1. The van der Waals surface area contributed by atoms with Crippen molar-refractivity contribution in [2.24, 2.45) is 0 Å². The Morgan fingerprint density at radius 2 is 2.17 bits per heavy atom. The number of halogens is 1. The molecule has 1 aliphatic rings. The Labute approximate surface area is 137 Å². The van der Waals surface area contributed by atoms with Crippen LogP contribution in [0.2, 0.25) is 5.02 Å². The Morgan fingerprint density at radius 3 is 2.91 bits per heavy atom. The lowest BCUT2D eigenvalue weighted by Gasteiger charge is -2.23. The first-order valence-corrected chi connectivity index (χ1v) is 7.64. The van der Waals surface area contributed by atoms with Crippen molar-refractivity contribution in [1.82, 2.24) is 9.78 Å². The largest absolute Gasteiger partial charge is 0.452 e. The third-order valence-corrected chi connectivity index (χ3v) is 3.92. The van der Waals surface area contributed by atoms with E-state index < -0.39 is 11.8 Å². The number of ether oxygens (including phenoxy) is 2. The summed E-state index contributed by atoms with van der Waals surface area (Å²) in [5.74, 6) is 0.441. The lowest BCUT2D eigenvalue weighted by molar-refractivity contribution is -0.0425. The summed E-state index contributed by atoms with van der Waals surface area (Å²) in [6, 6.07) is 8.73. The SMILES string of the molecule is N#Cc1ccccc1Oc1cnn(C2CCCCO2)c(=O)c1Cl. The predicted molar refractivity (Wildman–Crippen MR) is 83.6 cm³/mol. The van der Waals surface area contributed by atoms with E-state index in [9.17, 15) is 4.79 Å². The van der Waals surface area contributed by atoms with E-state index in [2.05, 4.69) is 5.10 Å². The van der Waals surface area contributed by atoms with E-state index >= 15 is 0 Å². The standard InChI is InChI=1S/C16H14ClN3O3/c17-15-13(23-12-6-2-1-5-11(12)9-18)10-19-20(16(15)21)14-7-3-4-8-22-14/h1-2,5-6,10,14H,3-4,7-8H2. The highest BCUT2D eigenvalue weighted by Gasteiger charge is 2.21. The van der Waals surface area contributed by atoms with Crippen molar-refractivity contribution in [3.63, 3.8) is 0 Å². The van der Waals surface area contributed by atoms with E-state index in [0.29, 0.717) is 17.9 Å². The molecule has 1 aliphatic heterocycles. The van der Waals surface area contributed by atoms with Crippen molar-refractivity contribution in [3.05, 3.63) is 51.4 Å². The monoisotopic (exact) mass is 331 g/mol. The van der Waals surface area contributed by atoms with E-state index in [1.165, 1.54) is 10.9 Å². The zero-order valence-electron chi connectivity index (χ0n) is 12.2. The van der Waals surface area contributed by atoms with E-state index in [4.69, 9.17) is 26.3 Å². The van der Waals surface area contributed by atoms with Gasteiger partial charge in [-0.2, -0.15) is 15.0 Å². The van der Waals surface area contributed by atoms with Crippen LogP contribution in [0.3, 0.4) is 0 Å². The first-order chi connectivity index (χ1) is 11.2. The molecule has 118 valence electrons. The van der Waals surface area contributed by atoms with Gasteiger partial charge in [-0.05, 0) is 31.4 Å². The molecule has 0 radical (unpaired) electrons. The van der Waals surface area contributed by atoms with E-state index in [1.54, 1.807) is 24.3 Å². The van der Waals surface area contributed by atoms with Crippen LogP contribution in [0.1, 0.15) is 31.1 Å². The van der Waals surface area contributed by atoms with Crippen LogP contribution in [0.25, 0.3) is 0 Å². The van der Waals surface area contributed by atoms with E-state index in [1.807, 2.05) is 6.07 Å². The molecule has 1 atom stereocenters. The van der Waals surface area contributed by atoms with Crippen LogP contribution in [-0.4, -0.2) is 16.4 Å².